The zero-order valence-electron chi connectivity index (χ0n) is 12.2. The van der Waals surface area contributed by atoms with E-state index in [0.717, 1.165) is 16.9 Å². The van der Waals surface area contributed by atoms with Gasteiger partial charge >= 0.3 is 0 Å². The highest BCUT2D eigenvalue weighted by atomic mass is 16.5. The molecule has 0 atom stereocenters. The first kappa shape index (κ1) is 15.1. The number of rotatable bonds is 6. The normalized spacial score (nSPS) is 12.8. The summed E-state index contributed by atoms with van der Waals surface area (Å²) in [6, 6.07) is 3.58. The van der Waals surface area contributed by atoms with E-state index in [-0.39, 0.29) is 18.4 Å². The minimum atomic E-state index is -0.113. The highest BCUT2D eigenvalue weighted by Gasteiger charge is 2.20. The topological polar surface area (TPSA) is 96.7 Å². The van der Waals surface area contributed by atoms with Gasteiger partial charge in [0.15, 0.2) is 0 Å². The molecule has 1 aliphatic heterocycles. The maximum Gasteiger partial charge on any atom is 0.239 e. The van der Waals surface area contributed by atoms with Crippen molar-refractivity contribution >= 4 is 28.9 Å². The molecule has 7 heteroatoms. The summed E-state index contributed by atoms with van der Waals surface area (Å²) >= 11 is 0. The Labute approximate surface area is 123 Å². The van der Waals surface area contributed by atoms with Crippen LogP contribution >= 0.6 is 0 Å². The van der Waals surface area contributed by atoms with E-state index in [4.69, 9.17) is 10.5 Å². The van der Waals surface area contributed by atoms with E-state index < -0.39 is 0 Å². The Balaban J connectivity index is 2.03. The number of carbonyl (C=O) groups is 2. The molecule has 1 heterocycles. The molecule has 0 aliphatic carbocycles. The number of benzene rings is 1. The number of anilines is 3. The number of carbonyl (C=O) groups excluding carboxylic acids is 2. The van der Waals surface area contributed by atoms with Crippen LogP contribution < -0.4 is 21.3 Å². The molecule has 0 spiro atoms. The molecule has 0 saturated carbocycles. The van der Waals surface area contributed by atoms with E-state index >= 15 is 0 Å². The van der Waals surface area contributed by atoms with Gasteiger partial charge in [-0.1, -0.05) is 0 Å². The van der Waals surface area contributed by atoms with Crippen molar-refractivity contribution in [2.45, 2.75) is 6.42 Å². The predicted octanol–water partition coefficient (Wildman–Crippen LogP) is -0.0378. The lowest BCUT2D eigenvalue weighted by molar-refractivity contribution is -0.120. The largest absolute Gasteiger partial charge is 0.397 e. The quantitative estimate of drug-likeness (QED) is 0.505. The minimum absolute atomic E-state index is 0.0403. The fourth-order valence-corrected chi connectivity index (χ4v) is 2.26. The van der Waals surface area contributed by atoms with Crippen molar-refractivity contribution in [1.82, 2.24) is 5.32 Å². The van der Waals surface area contributed by atoms with Gasteiger partial charge in [0, 0.05) is 26.4 Å². The molecule has 2 amide bonds. The van der Waals surface area contributed by atoms with E-state index in [0.29, 0.717) is 25.3 Å². The third-order valence-corrected chi connectivity index (χ3v) is 3.30. The van der Waals surface area contributed by atoms with Crippen LogP contribution in [0.4, 0.5) is 17.1 Å². The maximum atomic E-state index is 11.8. The summed E-state index contributed by atoms with van der Waals surface area (Å²) in [5.74, 6) is -0.153. The lowest BCUT2D eigenvalue weighted by Crippen LogP contribution is -2.36. The van der Waals surface area contributed by atoms with Gasteiger partial charge in [0.1, 0.15) is 0 Å². The number of fused-ring (bicyclic) bond motifs is 1. The van der Waals surface area contributed by atoms with Crippen LogP contribution in [0.25, 0.3) is 0 Å². The molecular formula is C14H20N4O3. The summed E-state index contributed by atoms with van der Waals surface area (Å²) in [4.78, 5) is 24.9. The van der Waals surface area contributed by atoms with Crippen LogP contribution in [-0.2, 0) is 20.7 Å². The van der Waals surface area contributed by atoms with Gasteiger partial charge in [-0.05, 0) is 17.7 Å². The van der Waals surface area contributed by atoms with Crippen LogP contribution in [0.2, 0.25) is 0 Å². The Morgan fingerprint density at radius 3 is 3.00 bits per heavy atom. The number of nitrogens with two attached hydrogens (primary N) is 1. The van der Waals surface area contributed by atoms with E-state index in [1.807, 2.05) is 0 Å². The molecule has 1 aromatic rings. The average molecular weight is 292 g/mol. The molecule has 0 bridgehead atoms. The van der Waals surface area contributed by atoms with Crippen molar-refractivity contribution in [3.8, 4) is 0 Å². The monoisotopic (exact) mass is 292 g/mol. The van der Waals surface area contributed by atoms with Crippen LogP contribution in [0, 0.1) is 0 Å². The van der Waals surface area contributed by atoms with Gasteiger partial charge in [-0.15, -0.1) is 0 Å². The Kier molecular flexibility index (Phi) is 4.64. The highest BCUT2D eigenvalue weighted by molar-refractivity contribution is 6.01. The van der Waals surface area contributed by atoms with Gasteiger partial charge in [-0.25, -0.2) is 0 Å². The Hall–Kier alpha value is -2.28. The molecule has 21 heavy (non-hydrogen) atoms. The molecule has 4 N–H and O–H groups in total. The second-order valence-electron chi connectivity index (χ2n) is 4.99. The first-order valence-corrected chi connectivity index (χ1v) is 6.70. The number of nitrogens with one attached hydrogen (secondary N) is 2. The number of likely N-dealkylation sites (N-methyl/N-ethyl adjacent to an activating group) is 1. The molecule has 0 radical (unpaired) electrons. The molecule has 7 nitrogen and oxygen atoms in total. The lowest BCUT2D eigenvalue weighted by atomic mass is 10.1. The zero-order chi connectivity index (χ0) is 15.4. The lowest BCUT2D eigenvalue weighted by Gasteiger charge is -2.21. The van der Waals surface area contributed by atoms with Crippen molar-refractivity contribution in [2.75, 3.05) is 49.8 Å². The second kappa shape index (κ2) is 6.45. The fourth-order valence-electron chi connectivity index (χ4n) is 2.26. The van der Waals surface area contributed by atoms with E-state index in [1.165, 1.54) is 0 Å². The van der Waals surface area contributed by atoms with Crippen molar-refractivity contribution in [3.63, 3.8) is 0 Å². The third kappa shape index (κ3) is 3.63. The summed E-state index contributed by atoms with van der Waals surface area (Å²) < 4.78 is 4.87. The SMILES string of the molecule is COCCNC(=O)CN(C)c1cc2c(cc1N)CC(=O)N2. The van der Waals surface area contributed by atoms with Gasteiger partial charge in [-0.3, -0.25) is 9.59 Å². The van der Waals surface area contributed by atoms with Crippen LogP contribution in [0.3, 0.4) is 0 Å². The maximum absolute atomic E-state index is 11.8. The van der Waals surface area contributed by atoms with Gasteiger partial charge < -0.3 is 26.0 Å². The molecule has 1 aromatic carbocycles. The van der Waals surface area contributed by atoms with Crippen molar-refractivity contribution in [2.24, 2.45) is 0 Å². The predicted molar refractivity (Wildman–Crippen MR) is 81.3 cm³/mol. The van der Waals surface area contributed by atoms with E-state index in [9.17, 15) is 9.59 Å². The van der Waals surface area contributed by atoms with Crippen LogP contribution in [-0.4, -0.2) is 45.7 Å². The summed E-state index contributed by atoms with van der Waals surface area (Å²) in [5.41, 5.74) is 8.93. The second-order valence-corrected chi connectivity index (χ2v) is 4.99. The van der Waals surface area contributed by atoms with Crippen LogP contribution in [0.15, 0.2) is 12.1 Å². The van der Waals surface area contributed by atoms with Crippen molar-refractivity contribution in [3.05, 3.63) is 17.7 Å². The Morgan fingerprint density at radius 2 is 2.29 bits per heavy atom. The summed E-state index contributed by atoms with van der Waals surface area (Å²) in [6.07, 6.45) is 0.348. The number of nitrogens with zero attached hydrogens (tertiary/aromatic N) is 1. The molecule has 114 valence electrons. The molecule has 2 rings (SSSR count). The smallest absolute Gasteiger partial charge is 0.239 e. The Morgan fingerprint density at radius 1 is 1.52 bits per heavy atom. The molecule has 0 fully saturated rings. The average Bonchev–Trinajstić information content (AvgIpc) is 2.77. The van der Waals surface area contributed by atoms with Crippen LogP contribution in [0.1, 0.15) is 5.56 Å². The van der Waals surface area contributed by atoms with Crippen molar-refractivity contribution in [1.29, 1.82) is 0 Å². The standard InChI is InChI=1S/C14H20N4O3/c1-18(8-14(20)16-3-4-21-2)12-7-11-9(5-10(12)15)6-13(19)17-11/h5,7H,3-4,6,8,15H2,1-2H3,(H,16,20)(H,17,19). The van der Waals surface area contributed by atoms with Crippen LogP contribution in [0.5, 0.6) is 0 Å². The molecule has 0 saturated heterocycles. The molecule has 0 unspecified atom stereocenters. The molecule has 0 aromatic heterocycles. The minimum Gasteiger partial charge on any atom is -0.397 e. The number of amides is 2. The number of nitrogen functional groups attached to an aromatic ring is 1. The number of hydrogen-bond acceptors (Lipinski definition) is 5. The van der Waals surface area contributed by atoms with Crippen molar-refractivity contribution < 1.29 is 14.3 Å². The summed E-state index contributed by atoms with van der Waals surface area (Å²) in [7, 11) is 3.36. The van der Waals surface area contributed by atoms with Gasteiger partial charge in [-0.2, -0.15) is 0 Å². The van der Waals surface area contributed by atoms with E-state index in [2.05, 4.69) is 10.6 Å². The number of hydrogen-bond donors (Lipinski definition) is 3. The van der Waals surface area contributed by atoms with E-state index in [1.54, 1.807) is 31.2 Å². The molecular weight excluding hydrogens is 272 g/mol. The number of methoxy groups -OCH3 is 1. The summed E-state index contributed by atoms with van der Waals surface area (Å²) in [5, 5.41) is 5.52. The molecule has 1 aliphatic rings. The van der Waals surface area contributed by atoms with Gasteiger partial charge in [0.05, 0.1) is 30.9 Å². The number of ether oxygens (including phenoxy) is 1. The summed E-state index contributed by atoms with van der Waals surface area (Å²) in [6.45, 7) is 1.13. The third-order valence-electron chi connectivity index (χ3n) is 3.30. The fraction of sp³-hybridized carbons (Fsp3) is 0.429. The highest BCUT2D eigenvalue weighted by Crippen LogP contribution is 2.33. The van der Waals surface area contributed by atoms with Gasteiger partial charge in [0.2, 0.25) is 11.8 Å². The first-order chi connectivity index (χ1) is 10.0. The zero-order valence-corrected chi connectivity index (χ0v) is 12.2. The first-order valence-electron chi connectivity index (χ1n) is 6.70. The Bertz CT molecular complexity index is 559. The van der Waals surface area contributed by atoms with Gasteiger partial charge in [0.25, 0.3) is 0 Å².